The first kappa shape index (κ1) is 12.9. The van der Waals surface area contributed by atoms with E-state index in [1.807, 2.05) is 0 Å². The number of fused-ring (bicyclic) bond motifs is 1. The summed E-state index contributed by atoms with van der Waals surface area (Å²) in [5, 5.41) is 9.87. The molecule has 0 saturated carbocycles. The third-order valence-electron chi connectivity index (χ3n) is 4.39. The van der Waals surface area contributed by atoms with E-state index < -0.39 is 0 Å². The molecule has 1 nitrogen and oxygen atoms in total. The smallest absolute Gasteiger partial charge is 0.0865 e. The second-order valence-corrected chi connectivity index (χ2v) is 5.87. The van der Waals surface area contributed by atoms with Gasteiger partial charge in [-0.1, -0.05) is 54.1 Å². The molecule has 0 spiro atoms. The second kappa shape index (κ2) is 5.13. The lowest BCUT2D eigenvalue weighted by molar-refractivity contribution is 0.450. The second-order valence-electron chi connectivity index (χ2n) is 5.87. The molecule has 1 aliphatic rings. The quantitative estimate of drug-likeness (QED) is 0.789. The zero-order valence-corrected chi connectivity index (χ0v) is 11.9. The molecule has 0 N–H and O–H groups in total. The highest BCUT2D eigenvalue weighted by molar-refractivity contribution is 5.43. The Kier molecular flexibility index (Phi) is 3.32. The topological polar surface area (TPSA) is 23.8 Å². The van der Waals surface area contributed by atoms with Crippen LogP contribution < -0.4 is 0 Å². The molecule has 0 aliphatic heterocycles. The third-order valence-corrected chi connectivity index (χ3v) is 4.39. The van der Waals surface area contributed by atoms with Crippen LogP contribution in [0.25, 0.3) is 0 Å². The molecule has 2 aromatic carbocycles. The van der Waals surface area contributed by atoms with Crippen molar-refractivity contribution in [2.75, 3.05) is 0 Å². The van der Waals surface area contributed by atoms with Gasteiger partial charge in [0.25, 0.3) is 0 Å². The average molecular weight is 261 g/mol. The molecular weight excluding hydrogens is 242 g/mol. The first-order chi connectivity index (χ1) is 9.73. The van der Waals surface area contributed by atoms with Crippen LogP contribution in [-0.2, 0) is 18.3 Å². The van der Waals surface area contributed by atoms with Crippen LogP contribution in [0.3, 0.4) is 0 Å². The van der Waals surface area contributed by atoms with Gasteiger partial charge in [-0.2, -0.15) is 5.26 Å². The van der Waals surface area contributed by atoms with Crippen molar-refractivity contribution in [3.8, 4) is 6.07 Å². The molecule has 20 heavy (non-hydrogen) atoms. The number of aryl methyl sites for hydroxylation is 2. The van der Waals surface area contributed by atoms with Crippen LogP contribution in [0.2, 0.25) is 0 Å². The van der Waals surface area contributed by atoms with E-state index in [0.29, 0.717) is 0 Å². The zero-order valence-electron chi connectivity index (χ0n) is 11.9. The van der Waals surface area contributed by atoms with Crippen LogP contribution in [-0.4, -0.2) is 0 Å². The largest absolute Gasteiger partial charge is 0.197 e. The molecule has 1 heteroatoms. The molecule has 2 aromatic rings. The Bertz CT molecular complexity index is 665. The molecular formula is C19H19N. The summed E-state index contributed by atoms with van der Waals surface area (Å²) in [6.45, 7) is 2.11. The minimum Gasteiger partial charge on any atom is -0.197 e. The van der Waals surface area contributed by atoms with E-state index in [-0.39, 0.29) is 5.41 Å². The highest BCUT2D eigenvalue weighted by Crippen LogP contribution is 2.39. The molecule has 1 unspecified atom stereocenters. The van der Waals surface area contributed by atoms with Gasteiger partial charge in [-0.15, -0.1) is 0 Å². The van der Waals surface area contributed by atoms with Gasteiger partial charge in [0, 0.05) is 0 Å². The van der Waals surface area contributed by atoms with Crippen molar-refractivity contribution < 1.29 is 0 Å². The lowest BCUT2D eigenvalue weighted by Crippen LogP contribution is -2.31. The molecule has 3 rings (SSSR count). The number of nitriles is 1. The Hall–Kier alpha value is -2.07. The Balaban J connectivity index is 2.03. The van der Waals surface area contributed by atoms with Crippen molar-refractivity contribution in [3.05, 3.63) is 70.8 Å². The molecule has 0 fully saturated rings. The van der Waals surface area contributed by atoms with E-state index in [1.165, 1.54) is 22.3 Å². The highest BCUT2D eigenvalue weighted by Gasteiger charge is 2.36. The van der Waals surface area contributed by atoms with E-state index in [4.69, 9.17) is 0 Å². The van der Waals surface area contributed by atoms with Crippen molar-refractivity contribution in [1.29, 1.82) is 5.26 Å². The summed E-state index contributed by atoms with van der Waals surface area (Å²) in [6, 6.07) is 19.7. The fourth-order valence-electron chi connectivity index (χ4n) is 3.43. The first-order valence-corrected chi connectivity index (χ1v) is 7.29. The lowest BCUT2D eigenvalue weighted by atomic mass is 9.68. The molecule has 1 atom stereocenters. The van der Waals surface area contributed by atoms with Crippen molar-refractivity contribution in [1.82, 2.24) is 0 Å². The van der Waals surface area contributed by atoms with Gasteiger partial charge < -0.3 is 0 Å². The number of nitrogens with zero attached hydrogens (tertiary/aromatic N) is 1. The summed E-state index contributed by atoms with van der Waals surface area (Å²) in [7, 11) is 0. The Labute approximate surface area is 120 Å². The third kappa shape index (κ3) is 2.23. The van der Waals surface area contributed by atoms with Crippen molar-refractivity contribution in [3.63, 3.8) is 0 Å². The van der Waals surface area contributed by atoms with Gasteiger partial charge in [0.15, 0.2) is 0 Å². The van der Waals surface area contributed by atoms with E-state index in [1.54, 1.807) is 0 Å². The number of benzene rings is 2. The molecule has 0 heterocycles. The highest BCUT2D eigenvalue weighted by atomic mass is 14.4. The van der Waals surface area contributed by atoms with Crippen LogP contribution in [0.5, 0.6) is 0 Å². The van der Waals surface area contributed by atoms with E-state index in [2.05, 4.69) is 61.5 Å². The van der Waals surface area contributed by atoms with Gasteiger partial charge in [-0.05, 0) is 49.3 Å². The summed E-state index contributed by atoms with van der Waals surface area (Å²) in [5.41, 5.74) is 4.79. The zero-order chi connectivity index (χ0) is 14.0. The molecule has 0 bridgehead atoms. The van der Waals surface area contributed by atoms with Crippen LogP contribution in [0.15, 0.2) is 48.5 Å². The first-order valence-electron chi connectivity index (χ1n) is 7.29. The van der Waals surface area contributed by atoms with Crippen molar-refractivity contribution in [2.45, 2.75) is 38.0 Å². The Morgan fingerprint density at radius 2 is 2.00 bits per heavy atom. The molecule has 0 amide bonds. The predicted molar refractivity (Wildman–Crippen MR) is 81.6 cm³/mol. The predicted octanol–water partition coefficient (Wildman–Crippen LogP) is 4.34. The van der Waals surface area contributed by atoms with E-state index in [9.17, 15) is 5.26 Å². The van der Waals surface area contributed by atoms with Crippen LogP contribution in [0.4, 0.5) is 0 Å². The molecule has 0 saturated heterocycles. The fraction of sp³-hybridized carbons (Fsp3) is 0.316. The van der Waals surface area contributed by atoms with Crippen LogP contribution in [0.1, 0.15) is 35.1 Å². The molecule has 100 valence electrons. The number of hydrogen-bond donors (Lipinski definition) is 0. The van der Waals surface area contributed by atoms with Gasteiger partial charge in [0.05, 0.1) is 11.5 Å². The Morgan fingerprint density at radius 3 is 2.80 bits per heavy atom. The van der Waals surface area contributed by atoms with Crippen molar-refractivity contribution in [2.24, 2.45) is 0 Å². The summed E-state index contributed by atoms with van der Waals surface area (Å²) in [5.74, 6) is 0. The van der Waals surface area contributed by atoms with Crippen molar-refractivity contribution >= 4 is 0 Å². The monoisotopic (exact) mass is 261 g/mol. The minimum atomic E-state index is -0.345. The van der Waals surface area contributed by atoms with E-state index in [0.717, 1.165) is 25.7 Å². The van der Waals surface area contributed by atoms with Gasteiger partial charge >= 0.3 is 0 Å². The Morgan fingerprint density at radius 1 is 1.15 bits per heavy atom. The standard InChI is InChI=1S/C19H19N/c1-15-6-4-7-16(12-15)13-19(14-20)11-5-9-17-8-2-3-10-18(17)19/h2-4,6-8,10,12H,5,9,11,13H2,1H3. The fourth-order valence-corrected chi connectivity index (χ4v) is 3.43. The number of hydrogen-bond acceptors (Lipinski definition) is 1. The van der Waals surface area contributed by atoms with Gasteiger partial charge in [-0.25, -0.2) is 0 Å². The van der Waals surface area contributed by atoms with Gasteiger partial charge in [-0.3, -0.25) is 0 Å². The lowest BCUT2D eigenvalue weighted by Gasteiger charge is -2.33. The summed E-state index contributed by atoms with van der Waals surface area (Å²) >= 11 is 0. The van der Waals surface area contributed by atoms with Gasteiger partial charge in [0.1, 0.15) is 0 Å². The molecule has 0 aromatic heterocycles. The maximum atomic E-state index is 9.87. The van der Waals surface area contributed by atoms with Crippen LogP contribution in [0, 0.1) is 18.3 Å². The maximum Gasteiger partial charge on any atom is 0.0865 e. The summed E-state index contributed by atoms with van der Waals surface area (Å²) < 4.78 is 0. The SMILES string of the molecule is Cc1cccc(CC2(C#N)CCCc3ccccc32)c1. The maximum absolute atomic E-state index is 9.87. The normalized spacial score (nSPS) is 21.0. The van der Waals surface area contributed by atoms with Crippen LogP contribution >= 0.6 is 0 Å². The van der Waals surface area contributed by atoms with Gasteiger partial charge in [0.2, 0.25) is 0 Å². The summed E-state index contributed by atoms with van der Waals surface area (Å²) in [6.07, 6.45) is 4.00. The van der Waals surface area contributed by atoms with E-state index >= 15 is 0 Å². The molecule has 0 radical (unpaired) electrons. The molecule has 1 aliphatic carbocycles. The summed E-state index contributed by atoms with van der Waals surface area (Å²) in [4.78, 5) is 0. The minimum absolute atomic E-state index is 0.345. The average Bonchev–Trinajstić information content (AvgIpc) is 2.47. The number of rotatable bonds is 2.